The average Bonchev–Trinajstić information content (AvgIpc) is 3.32. The summed E-state index contributed by atoms with van der Waals surface area (Å²) in [6.45, 7) is 8.00. The van der Waals surface area contributed by atoms with Crippen LogP contribution >= 0.6 is 0 Å². The Balaban J connectivity index is 1.50. The highest BCUT2D eigenvalue weighted by Gasteiger charge is 2.28. The van der Waals surface area contributed by atoms with Crippen LogP contribution < -0.4 is 10.2 Å². The molecule has 11 nitrogen and oxygen atoms in total. The molecule has 11 heteroatoms. The highest BCUT2D eigenvalue weighted by atomic mass is 16.5. The minimum Gasteiger partial charge on any atom is -0.465 e. The number of hydrogen-bond acceptors (Lipinski definition) is 7. The highest BCUT2D eigenvalue weighted by Crippen LogP contribution is 2.32. The molecule has 2 aliphatic heterocycles. The number of likely N-dealkylation sites (tertiary alicyclic amines) is 1. The molecule has 2 N–H and O–H groups in total. The van der Waals surface area contributed by atoms with Crippen LogP contribution in [0.5, 0.6) is 0 Å². The highest BCUT2D eigenvalue weighted by molar-refractivity contribution is 5.89. The quantitative estimate of drug-likeness (QED) is 0.555. The largest absolute Gasteiger partial charge is 0.465 e. The molecule has 36 heavy (non-hydrogen) atoms. The number of ether oxygens (including phenoxy) is 1. The molecule has 2 aliphatic rings. The number of benzene rings is 1. The zero-order valence-corrected chi connectivity index (χ0v) is 20.6. The monoisotopic (exact) mass is 493 g/mol. The number of carbonyl (C=O) groups is 2. The topological polar surface area (TPSA) is 126 Å². The fourth-order valence-electron chi connectivity index (χ4n) is 4.85. The van der Waals surface area contributed by atoms with Gasteiger partial charge in [-0.2, -0.15) is 5.10 Å². The second kappa shape index (κ2) is 10.1. The van der Waals surface area contributed by atoms with Crippen LogP contribution in [0.25, 0.3) is 22.4 Å². The molecule has 0 radical (unpaired) electrons. The first kappa shape index (κ1) is 24.0. The maximum atomic E-state index is 12.4. The second-order valence-corrected chi connectivity index (χ2v) is 9.52. The Bertz CT molecular complexity index is 1240. The van der Waals surface area contributed by atoms with Gasteiger partial charge in [-0.3, -0.25) is 10.1 Å². The van der Waals surface area contributed by atoms with Crippen LogP contribution in [0.15, 0.2) is 30.5 Å². The number of carboxylic acid groups (broad SMARTS) is 1. The van der Waals surface area contributed by atoms with E-state index in [4.69, 9.17) is 24.9 Å². The lowest BCUT2D eigenvalue weighted by atomic mass is 10.0. The van der Waals surface area contributed by atoms with Crippen molar-refractivity contribution >= 4 is 34.5 Å². The van der Waals surface area contributed by atoms with Gasteiger partial charge in [0.1, 0.15) is 5.82 Å². The fourth-order valence-corrected chi connectivity index (χ4v) is 4.85. The first-order valence-corrected chi connectivity index (χ1v) is 12.4. The molecule has 0 unspecified atom stereocenters. The summed E-state index contributed by atoms with van der Waals surface area (Å²) in [4.78, 5) is 37.4. The molecule has 2 fully saturated rings. The van der Waals surface area contributed by atoms with Crippen LogP contribution in [-0.2, 0) is 9.53 Å². The fraction of sp³-hybridized carbons (Fsp3) is 0.480. The van der Waals surface area contributed by atoms with Crippen molar-refractivity contribution in [2.45, 2.75) is 32.7 Å². The van der Waals surface area contributed by atoms with E-state index in [0.717, 1.165) is 48.3 Å². The van der Waals surface area contributed by atoms with Gasteiger partial charge < -0.3 is 19.6 Å². The molecule has 2 amide bonds. The van der Waals surface area contributed by atoms with Crippen molar-refractivity contribution in [1.29, 1.82) is 0 Å². The summed E-state index contributed by atoms with van der Waals surface area (Å²) in [7, 11) is 0. The van der Waals surface area contributed by atoms with E-state index in [1.165, 1.54) is 0 Å². The molecule has 2 saturated heterocycles. The molecule has 5 rings (SSSR count). The summed E-state index contributed by atoms with van der Waals surface area (Å²) < 4.78 is 7.53. The molecule has 0 aliphatic carbocycles. The average molecular weight is 494 g/mol. The van der Waals surface area contributed by atoms with Crippen LogP contribution in [-0.4, -0.2) is 81.1 Å². The van der Waals surface area contributed by atoms with Crippen LogP contribution in [0.3, 0.4) is 0 Å². The second-order valence-electron chi connectivity index (χ2n) is 9.52. The third-order valence-electron chi connectivity index (χ3n) is 6.75. The number of hydrogen-bond donors (Lipinski definition) is 2. The third-order valence-corrected chi connectivity index (χ3v) is 6.75. The van der Waals surface area contributed by atoms with Gasteiger partial charge in [0, 0.05) is 43.3 Å². The summed E-state index contributed by atoms with van der Waals surface area (Å²) in [5, 5.41) is 17.0. The number of amides is 2. The van der Waals surface area contributed by atoms with E-state index < -0.39 is 6.09 Å². The number of anilines is 2. The number of carbonyl (C=O) groups excluding carboxylic acids is 1. The van der Waals surface area contributed by atoms with Gasteiger partial charge in [0.2, 0.25) is 5.91 Å². The predicted molar refractivity (Wildman–Crippen MR) is 135 cm³/mol. The maximum absolute atomic E-state index is 12.4. The molecule has 190 valence electrons. The molecule has 0 atom stereocenters. The van der Waals surface area contributed by atoms with Crippen molar-refractivity contribution in [2.24, 2.45) is 5.92 Å². The lowest BCUT2D eigenvalue weighted by molar-refractivity contribution is -0.135. The molecule has 1 aromatic carbocycles. The zero-order valence-electron chi connectivity index (χ0n) is 20.6. The van der Waals surface area contributed by atoms with E-state index in [1.54, 1.807) is 12.1 Å². The summed E-state index contributed by atoms with van der Waals surface area (Å²) in [6, 6.07) is 7.16. The van der Waals surface area contributed by atoms with E-state index in [9.17, 15) is 9.59 Å². The standard InChI is InChI=1S/C25H31N7O4/c1-16(2)24(33)31-9-7-19(8-10-31)32-23-20(15-26-32)22(30-11-13-36-14-12-30)28-21(29-23)17-3-5-18(6-4-17)27-25(34)35/h3-6,15-16,19,27H,7-14H2,1-2H3,(H,34,35). The number of nitrogens with one attached hydrogen (secondary N) is 1. The van der Waals surface area contributed by atoms with Gasteiger partial charge in [0.25, 0.3) is 0 Å². The van der Waals surface area contributed by atoms with E-state index >= 15 is 0 Å². The zero-order chi connectivity index (χ0) is 25.2. The molecule has 0 saturated carbocycles. The van der Waals surface area contributed by atoms with E-state index in [1.807, 2.05) is 41.8 Å². The number of rotatable bonds is 5. The van der Waals surface area contributed by atoms with Crippen molar-refractivity contribution in [3.8, 4) is 11.4 Å². The summed E-state index contributed by atoms with van der Waals surface area (Å²) >= 11 is 0. The Hall–Kier alpha value is -3.73. The summed E-state index contributed by atoms with van der Waals surface area (Å²) in [5.41, 5.74) is 2.03. The van der Waals surface area contributed by atoms with Gasteiger partial charge >= 0.3 is 6.09 Å². The minimum absolute atomic E-state index is 0.00412. The van der Waals surface area contributed by atoms with E-state index in [2.05, 4.69) is 10.2 Å². The van der Waals surface area contributed by atoms with E-state index in [-0.39, 0.29) is 17.9 Å². The Labute approximate surface area is 209 Å². The first-order valence-electron chi connectivity index (χ1n) is 12.4. The van der Waals surface area contributed by atoms with Crippen molar-refractivity contribution < 1.29 is 19.4 Å². The van der Waals surface area contributed by atoms with Crippen molar-refractivity contribution in [3.05, 3.63) is 30.5 Å². The smallest absolute Gasteiger partial charge is 0.409 e. The number of aromatic nitrogens is 4. The van der Waals surface area contributed by atoms with Crippen LogP contribution in [0.1, 0.15) is 32.7 Å². The molecular formula is C25H31N7O4. The van der Waals surface area contributed by atoms with Gasteiger partial charge in [0.15, 0.2) is 11.5 Å². The van der Waals surface area contributed by atoms with Gasteiger partial charge in [0.05, 0.1) is 30.8 Å². The first-order chi connectivity index (χ1) is 17.4. The Morgan fingerprint density at radius 1 is 1.06 bits per heavy atom. The third kappa shape index (κ3) is 4.83. The van der Waals surface area contributed by atoms with E-state index in [0.29, 0.717) is 37.8 Å². The number of morpholine rings is 1. The molecule has 3 aromatic rings. The molecule has 2 aromatic heterocycles. The molecular weight excluding hydrogens is 462 g/mol. The molecule has 4 heterocycles. The van der Waals surface area contributed by atoms with Crippen LogP contribution in [0, 0.1) is 5.92 Å². The predicted octanol–water partition coefficient (Wildman–Crippen LogP) is 3.24. The Morgan fingerprint density at radius 3 is 2.39 bits per heavy atom. The number of fused-ring (bicyclic) bond motifs is 1. The van der Waals surface area contributed by atoms with Crippen molar-refractivity contribution in [2.75, 3.05) is 49.6 Å². The van der Waals surface area contributed by atoms with Gasteiger partial charge in [-0.05, 0) is 37.1 Å². The Morgan fingerprint density at radius 2 is 1.75 bits per heavy atom. The van der Waals surface area contributed by atoms with Crippen molar-refractivity contribution in [1.82, 2.24) is 24.6 Å². The van der Waals surface area contributed by atoms with Gasteiger partial charge in [-0.1, -0.05) is 13.8 Å². The van der Waals surface area contributed by atoms with Gasteiger partial charge in [-0.15, -0.1) is 0 Å². The SMILES string of the molecule is CC(C)C(=O)N1CCC(n2ncc3c(N4CCOCC4)nc(-c4ccc(NC(=O)O)cc4)nc32)CC1. The summed E-state index contributed by atoms with van der Waals surface area (Å²) in [5.74, 6) is 1.57. The lowest BCUT2D eigenvalue weighted by Crippen LogP contribution is -2.41. The van der Waals surface area contributed by atoms with Crippen molar-refractivity contribution in [3.63, 3.8) is 0 Å². The summed E-state index contributed by atoms with van der Waals surface area (Å²) in [6.07, 6.45) is 2.36. The minimum atomic E-state index is -1.11. The number of piperidine rings is 1. The lowest BCUT2D eigenvalue weighted by Gasteiger charge is -2.33. The van der Waals surface area contributed by atoms with Gasteiger partial charge in [-0.25, -0.2) is 19.4 Å². The Kier molecular flexibility index (Phi) is 6.73. The maximum Gasteiger partial charge on any atom is 0.409 e. The molecule has 0 bridgehead atoms. The molecule has 0 spiro atoms. The van der Waals surface area contributed by atoms with Crippen LogP contribution in [0.2, 0.25) is 0 Å². The van der Waals surface area contributed by atoms with Crippen LogP contribution in [0.4, 0.5) is 16.3 Å². The number of nitrogens with zero attached hydrogens (tertiary/aromatic N) is 6. The normalized spacial score (nSPS) is 17.1.